The molecular formula is C20H30N6. The fourth-order valence-corrected chi connectivity index (χ4v) is 3.37. The summed E-state index contributed by atoms with van der Waals surface area (Å²) in [7, 11) is 1.82. The highest BCUT2D eigenvalue weighted by Crippen LogP contribution is 2.19. The Labute approximate surface area is 156 Å². The SMILES string of the molecule is CN=C(NCc1nccn1CC(C)C)NC1CCN(c2ccccc2)C1. The number of aliphatic imine (C=N–C) groups is 1. The van der Waals surface area contributed by atoms with Crippen molar-refractivity contribution in [3.05, 3.63) is 48.5 Å². The number of imidazole rings is 1. The van der Waals surface area contributed by atoms with Gasteiger partial charge in [-0.2, -0.15) is 0 Å². The van der Waals surface area contributed by atoms with Crippen LogP contribution in [0.2, 0.25) is 0 Å². The second kappa shape index (κ2) is 8.74. The van der Waals surface area contributed by atoms with Gasteiger partial charge in [0.1, 0.15) is 5.82 Å². The number of rotatable bonds is 6. The maximum Gasteiger partial charge on any atom is 0.191 e. The van der Waals surface area contributed by atoms with E-state index in [1.54, 1.807) is 0 Å². The van der Waals surface area contributed by atoms with Crippen LogP contribution in [0.25, 0.3) is 0 Å². The van der Waals surface area contributed by atoms with E-state index in [0.29, 0.717) is 18.5 Å². The van der Waals surface area contributed by atoms with Crippen LogP contribution in [0, 0.1) is 5.92 Å². The molecule has 0 amide bonds. The normalized spacial score (nSPS) is 17.8. The lowest BCUT2D eigenvalue weighted by atomic mass is 10.2. The molecule has 26 heavy (non-hydrogen) atoms. The van der Waals surface area contributed by atoms with E-state index in [4.69, 9.17) is 0 Å². The van der Waals surface area contributed by atoms with Gasteiger partial charge in [0, 0.05) is 50.8 Å². The first-order valence-electron chi connectivity index (χ1n) is 9.43. The molecule has 0 saturated carbocycles. The summed E-state index contributed by atoms with van der Waals surface area (Å²) in [6.07, 6.45) is 5.02. The Hall–Kier alpha value is -2.50. The predicted molar refractivity (Wildman–Crippen MR) is 107 cm³/mol. The zero-order valence-corrected chi connectivity index (χ0v) is 16.0. The van der Waals surface area contributed by atoms with Crippen LogP contribution >= 0.6 is 0 Å². The molecule has 6 nitrogen and oxygen atoms in total. The van der Waals surface area contributed by atoms with Gasteiger partial charge in [-0.1, -0.05) is 32.0 Å². The second-order valence-corrected chi connectivity index (χ2v) is 7.23. The summed E-state index contributed by atoms with van der Waals surface area (Å²) in [5, 5.41) is 6.95. The molecule has 1 atom stereocenters. The molecule has 1 aromatic carbocycles. The molecule has 2 N–H and O–H groups in total. The summed E-state index contributed by atoms with van der Waals surface area (Å²) < 4.78 is 2.21. The van der Waals surface area contributed by atoms with Gasteiger partial charge < -0.3 is 20.1 Å². The second-order valence-electron chi connectivity index (χ2n) is 7.23. The fraction of sp³-hybridized carbons (Fsp3) is 0.500. The lowest BCUT2D eigenvalue weighted by Gasteiger charge is -2.20. The van der Waals surface area contributed by atoms with Crippen LogP contribution in [-0.2, 0) is 13.1 Å². The highest BCUT2D eigenvalue weighted by atomic mass is 15.2. The summed E-state index contributed by atoms with van der Waals surface area (Å²) in [6.45, 7) is 8.16. The fourth-order valence-electron chi connectivity index (χ4n) is 3.37. The maximum absolute atomic E-state index is 4.47. The molecule has 140 valence electrons. The van der Waals surface area contributed by atoms with Gasteiger partial charge in [-0.15, -0.1) is 0 Å². The maximum atomic E-state index is 4.47. The van der Waals surface area contributed by atoms with Crippen molar-refractivity contribution < 1.29 is 0 Å². The average Bonchev–Trinajstić information content (AvgIpc) is 3.28. The van der Waals surface area contributed by atoms with Gasteiger partial charge in [-0.25, -0.2) is 4.98 Å². The molecule has 1 fully saturated rings. The van der Waals surface area contributed by atoms with E-state index in [2.05, 4.69) is 74.3 Å². The summed E-state index contributed by atoms with van der Waals surface area (Å²) >= 11 is 0. The third-order valence-electron chi connectivity index (χ3n) is 4.65. The number of hydrogen-bond acceptors (Lipinski definition) is 3. The number of para-hydroxylation sites is 1. The van der Waals surface area contributed by atoms with Crippen LogP contribution in [0.4, 0.5) is 5.69 Å². The topological polar surface area (TPSA) is 57.5 Å². The highest BCUT2D eigenvalue weighted by molar-refractivity contribution is 5.80. The van der Waals surface area contributed by atoms with Crippen molar-refractivity contribution in [2.45, 2.75) is 39.4 Å². The predicted octanol–water partition coefficient (Wildman–Crippen LogP) is 2.48. The molecular weight excluding hydrogens is 324 g/mol. The smallest absolute Gasteiger partial charge is 0.191 e. The van der Waals surface area contributed by atoms with Crippen molar-refractivity contribution in [3.63, 3.8) is 0 Å². The first kappa shape index (κ1) is 18.3. The Kier molecular flexibility index (Phi) is 6.15. The van der Waals surface area contributed by atoms with Crippen molar-refractivity contribution in [2.24, 2.45) is 10.9 Å². The first-order chi connectivity index (χ1) is 12.7. The van der Waals surface area contributed by atoms with Gasteiger partial charge >= 0.3 is 0 Å². The zero-order chi connectivity index (χ0) is 18.4. The van der Waals surface area contributed by atoms with Crippen molar-refractivity contribution in [1.29, 1.82) is 0 Å². The van der Waals surface area contributed by atoms with Gasteiger partial charge in [0.15, 0.2) is 5.96 Å². The van der Waals surface area contributed by atoms with Gasteiger partial charge in [0.05, 0.1) is 6.54 Å². The summed E-state index contributed by atoms with van der Waals surface area (Å²) in [6, 6.07) is 11.0. The van der Waals surface area contributed by atoms with Crippen LogP contribution in [0.3, 0.4) is 0 Å². The van der Waals surface area contributed by atoms with Crippen molar-refractivity contribution >= 4 is 11.6 Å². The number of guanidine groups is 1. The van der Waals surface area contributed by atoms with E-state index < -0.39 is 0 Å². The molecule has 0 aliphatic carbocycles. The monoisotopic (exact) mass is 354 g/mol. The number of anilines is 1. The van der Waals surface area contributed by atoms with Crippen molar-refractivity contribution in [2.75, 3.05) is 25.0 Å². The van der Waals surface area contributed by atoms with Crippen molar-refractivity contribution in [1.82, 2.24) is 20.2 Å². The third-order valence-corrected chi connectivity index (χ3v) is 4.65. The molecule has 0 radical (unpaired) electrons. The quantitative estimate of drug-likeness (QED) is 0.618. The molecule has 1 aliphatic rings. The molecule has 2 aromatic rings. The average molecular weight is 355 g/mol. The van der Waals surface area contributed by atoms with E-state index >= 15 is 0 Å². The summed E-state index contributed by atoms with van der Waals surface area (Å²) in [4.78, 5) is 11.3. The van der Waals surface area contributed by atoms with Gasteiger partial charge in [-0.3, -0.25) is 4.99 Å². The minimum atomic E-state index is 0.400. The largest absolute Gasteiger partial charge is 0.369 e. The Morgan fingerprint density at radius 2 is 2.12 bits per heavy atom. The third kappa shape index (κ3) is 4.77. The summed E-state index contributed by atoms with van der Waals surface area (Å²) in [5.74, 6) is 2.48. The Morgan fingerprint density at radius 1 is 1.31 bits per heavy atom. The van der Waals surface area contributed by atoms with E-state index in [1.165, 1.54) is 5.69 Å². The van der Waals surface area contributed by atoms with Gasteiger partial charge in [-0.05, 0) is 24.5 Å². The molecule has 1 aromatic heterocycles. The lowest BCUT2D eigenvalue weighted by Crippen LogP contribution is -2.44. The minimum Gasteiger partial charge on any atom is -0.369 e. The molecule has 1 saturated heterocycles. The van der Waals surface area contributed by atoms with Crippen LogP contribution in [0.5, 0.6) is 0 Å². The van der Waals surface area contributed by atoms with Crippen LogP contribution in [0.1, 0.15) is 26.1 Å². The van der Waals surface area contributed by atoms with Crippen LogP contribution < -0.4 is 15.5 Å². The molecule has 3 rings (SSSR count). The molecule has 6 heteroatoms. The molecule has 2 heterocycles. The Bertz CT molecular complexity index is 706. The standard InChI is InChI=1S/C20H30N6/c1-16(2)14-26-12-10-22-19(26)13-23-20(21-3)24-17-9-11-25(15-17)18-7-5-4-6-8-18/h4-8,10,12,16-17H,9,11,13-15H2,1-3H3,(H2,21,23,24). The number of aromatic nitrogens is 2. The van der Waals surface area contributed by atoms with Gasteiger partial charge in [0.25, 0.3) is 0 Å². The van der Waals surface area contributed by atoms with E-state index in [9.17, 15) is 0 Å². The van der Waals surface area contributed by atoms with Crippen molar-refractivity contribution in [3.8, 4) is 0 Å². The molecule has 0 bridgehead atoms. The van der Waals surface area contributed by atoms with E-state index in [0.717, 1.165) is 37.8 Å². The van der Waals surface area contributed by atoms with E-state index in [1.807, 2.05) is 19.4 Å². The minimum absolute atomic E-state index is 0.400. The number of nitrogens with zero attached hydrogens (tertiary/aromatic N) is 4. The Morgan fingerprint density at radius 3 is 2.85 bits per heavy atom. The summed E-state index contributed by atoms with van der Waals surface area (Å²) in [5.41, 5.74) is 1.29. The molecule has 1 aliphatic heterocycles. The molecule has 0 spiro atoms. The number of benzene rings is 1. The van der Waals surface area contributed by atoms with Crippen LogP contribution in [0.15, 0.2) is 47.7 Å². The van der Waals surface area contributed by atoms with E-state index in [-0.39, 0.29) is 0 Å². The highest BCUT2D eigenvalue weighted by Gasteiger charge is 2.23. The van der Waals surface area contributed by atoms with Crippen LogP contribution in [-0.4, -0.2) is 41.7 Å². The zero-order valence-electron chi connectivity index (χ0n) is 16.0. The van der Waals surface area contributed by atoms with Gasteiger partial charge in [0.2, 0.25) is 0 Å². The molecule has 1 unspecified atom stereocenters. The number of hydrogen-bond donors (Lipinski definition) is 2. The Balaban J connectivity index is 1.51. The first-order valence-corrected chi connectivity index (χ1v) is 9.43. The lowest BCUT2D eigenvalue weighted by molar-refractivity contribution is 0.503. The number of nitrogens with one attached hydrogen (secondary N) is 2.